The van der Waals surface area contributed by atoms with Crippen LogP contribution in [-0.2, 0) is 0 Å². The van der Waals surface area contributed by atoms with Crippen LogP contribution in [0, 0.1) is 0 Å². The van der Waals surface area contributed by atoms with Gasteiger partial charge >= 0.3 is 0 Å². The Bertz CT molecular complexity index is 169. The maximum absolute atomic E-state index is 4.85. The number of nitrogens with one attached hydrogen (secondary N) is 1. The number of aromatic nitrogens is 2. The Morgan fingerprint density at radius 2 is 2.60 bits per heavy atom. The van der Waals surface area contributed by atoms with Crippen LogP contribution in [0.1, 0.15) is 25.3 Å². The van der Waals surface area contributed by atoms with Gasteiger partial charge < -0.3 is 9.84 Å². The number of rotatable bonds is 3. The molecule has 0 aliphatic rings. The van der Waals surface area contributed by atoms with Gasteiger partial charge in [-0.3, -0.25) is 0 Å². The van der Waals surface area contributed by atoms with Gasteiger partial charge in [0.2, 0.25) is 5.89 Å². The smallest absolute Gasteiger partial charge is 0.243 e. The molecule has 0 fully saturated rings. The lowest BCUT2D eigenvalue weighted by Gasteiger charge is -2.06. The van der Waals surface area contributed by atoms with Crippen LogP contribution in [0.3, 0.4) is 0 Å². The molecule has 0 radical (unpaired) electrons. The summed E-state index contributed by atoms with van der Waals surface area (Å²) >= 11 is 0. The van der Waals surface area contributed by atoms with E-state index in [4.69, 9.17) is 4.52 Å². The minimum atomic E-state index is 0.197. The van der Waals surface area contributed by atoms with E-state index in [1.54, 1.807) is 0 Å². The lowest BCUT2D eigenvalue weighted by molar-refractivity contribution is 0.333. The highest BCUT2D eigenvalue weighted by molar-refractivity contribution is 4.84. The minimum absolute atomic E-state index is 0.197. The first-order chi connectivity index (χ1) is 4.88. The van der Waals surface area contributed by atoms with Crippen LogP contribution in [0.15, 0.2) is 10.9 Å². The fourth-order valence-corrected chi connectivity index (χ4v) is 0.837. The van der Waals surface area contributed by atoms with E-state index in [1.807, 2.05) is 7.05 Å². The standard InChI is InChI=1S/C6H11N3O/c1-3-5(7-2)6-8-4-9-10-6/h4-5,7H,3H2,1-2H3. The van der Waals surface area contributed by atoms with Gasteiger partial charge in [0.25, 0.3) is 0 Å². The highest BCUT2D eigenvalue weighted by Gasteiger charge is 2.10. The second-order valence-electron chi connectivity index (χ2n) is 2.03. The summed E-state index contributed by atoms with van der Waals surface area (Å²) in [5.41, 5.74) is 0. The molecule has 1 aromatic rings. The van der Waals surface area contributed by atoms with Crippen molar-refractivity contribution in [2.75, 3.05) is 7.05 Å². The Hall–Kier alpha value is -0.900. The molecule has 1 heterocycles. The van der Waals surface area contributed by atoms with Crippen LogP contribution < -0.4 is 5.32 Å². The van der Waals surface area contributed by atoms with Gasteiger partial charge in [-0.15, -0.1) is 0 Å². The monoisotopic (exact) mass is 141 g/mol. The summed E-state index contributed by atoms with van der Waals surface area (Å²) in [7, 11) is 1.87. The van der Waals surface area contributed by atoms with Crippen LogP contribution in [0.25, 0.3) is 0 Å². The molecule has 1 aromatic heterocycles. The second-order valence-corrected chi connectivity index (χ2v) is 2.03. The van der Waals surface area contributed by atoms with E-state index in [1.165, 1.54) is 6.33 Å². The molecule has 0 aliphatic heterocycles. The van der Waals surface area contributed by atoms with Gasteiger partial charge in [0.15, 0.2) is 6.33 Å². The Morgan fingerprint density at radius 3 is 3.00 bits per heavy atom. The Morgan fingerprint density at radius 1 is 1.80 bits per heavy atom. The van der Waals surface area contributed by atoms with Crippen LogP contribution >= 0.6 is 0 Å². The molecule has 0 aromatic carbocycles. The highest BCUT2D eigenvalue weighted by Crippen LogP contribution is 2.10. The molecular weight excluding hydrogens is 130 g/mol. The van der Waals surface area contributed by atoms with Gasteiger partial charge in [0.05, 0.1) is 6.04 Å². The fourth-order valence-electron chi connectivity index (χ4n) is 0.837. The second kappa shape index (κ2) is 3.31. The van der Waals surface area contributed by atoms with Crippen molar-refractivity contribution in [1.29, 1.82) is 0 Å². The number of nitrogens with zero attached hydrogens (tertiary/aromatic N) is 2. The average Bonchev–Trinajstić information content (AvgIpc) is 2.43. The molecule has 0 aliphatic carbocycles. The summed E-state index contributed by atoms with van der Waals surface area (Å²) in [6.45, 7) is 2.06. The zero-order valence-electron chi connectivity index (χ0n) is 6.16. The summed E-state index contributed by atoms with van der Waals surface area (Å²) in [6, 6.07) is 0.197. The largest absolute Gasteiger partial charge is 0.338 e. The molecule has 0 bridgehead atoms. The first-order valence-electron chi connectivity index (χ1n) is 3.32. The molecule has 0 amide bonds. The fraction of sp³-hybridized carbons (Fsp3) is 0.667. The highest BCUT2D eigenvalue weighted by atomic mass is 16.5. The first-order valence-corrected chi connectivity index (χ1v) is 3.32. The zero-order valence-corrected chi connectivity index (χ0v) is 6.16. The predicted molar refractivity (Wildman–Crippen MR) is 36.4 cm³/mol. The molecule has 1 N–H and O–H groups in total. The Kier molecular flexibility index (Phi) is 2.39. The van der Waals surface area contributed by atoms with E-state index in [-0.39, 0.29) is 6.04 Å². The molecule has 4 heteroatoms. The van der Waals surface area contributed by atoms with E-state index in [9.17, 15) is 0 Å². The van der Waals surface area contributed by atoms with Crippen molar-refractivity contribution in [3.8, 4) is 0 Å². The molecule has 10 heavy (non-hydrogen) atoms. The molecule has 1 unspecified atom stereocenters. The lowest BCUT2D eigenvalue weighted by atomic mass is 10.2. The van der Waals surface area contributed by atoms with Gasteiger partial charge in [0.1, 0.15) is 0 Å². The van der Waals surface area contributed by atoms with Crippen molar-refractivity contribution in [3.05, 3.63) is 12.2 Å². The van der Waals surface area contributed by atoms with Gasteiger partial charge in [-0.1, -0.05) is 12.1 Å². The molecular formula is C6H11N3O. The van der Waals surface area contributed by atoms with E-state index >= 15 is 0 Å². The minimum Gasteiger partial charge on any atom is -0.338 e. The molecule has 56 valence electrons. The van der Waals surface area contributed by atoms with E-state index in [2.05, 4.69) is 22.4 Å². The lowest BCUT2D eigenvalue weighted by Crippen LogP contribution is -2.15. The molecule has 4 nitrogen and oxygen atoms in total. The molecule has 0 saturated heterocycles. The summed E-state index contributed by atoms with van der Waals surface area (Å²) in [5, 5.41) is 6.57. The van der Waals surface area contributed by atoms with Crippen molar-refractivity contribution < 1.29 is 4.52 Å². The molecule has 0 spiro atoms. The van der Waals surface area contributed by atoms with Crippen LogP contribution in [0.5, 0.6) is 0 Å². The quantitative estimate of drug-likeness (QED) is 0.674. The Balaban J connectivity index is 2.64. The van der Waals surface area contributed by atoms with Crippen LogP contribution in [-0.4, -0.2) is 17.2 Å². The third-order valence-electron chi connectivity index (χ3n) is 1.43. The Labute approximate surface area is 59.6 Å². The molecule has 1 atom stereocenters. The molecule has 1 rings (SSSR count). The summed E-state index contributed by atoms with van der Waals surface area (Å²) in [4.78, 5) is 3.92. The third-order valence-corrected chi connectivity index (χ3v) is 1.43. The number of hydrogen-bond donors (Lipinski definition) is 1. The van der Waals surface area contributed by atoms with Gasteiger partial charge in [-0.05, 0) is 13.5 Å². The zero-order chi connectivity index (χ0) is 7.40. The first kappa shape index (κ1) is 7.21. The SMILES string of the molecule is CCC(NC)c1ncno1. The summed E-state index contributed by atoms with van der Waals surface area (Å²) in [5.74, 6) is 0.657. The topological polar surface area (TPSA) is 51.0 Å². The summed E-state index contributed by atoms with van der Waals surface area (Å²) in [6.07, 6.45) is 2.37. The predicted octanol–water partition coefficient (Wildman–Crippen LogP) is 0.740. The van der Waals surface area contributed by atoms with Crippen LogP contribution in [0.2, 0.25) is 0 Å². The van der Waals surface area contributed by atoms with E-state index in [0.29, 0.717) is 5.89 Å². The van der Waals surface area contributed by atoms with Gasteiger partial charge in [-0.25, -0.2) is 0 Å². The van der Waals surface area contributed by atoms with E-state index in [0.717, 1.165) is 6.42 Å². The van der Waals surface area contributed by atoms with Gasteiger partial charge in [-0.2, -0.15) is 4.98 Å². The van der Waals surface area contributed by atoms with Gasteiger partial charge in [0, 0.05) is 0 Å². The third kappa shape index (κ3) is 1.33. The van der Waals surface area contributed by atoms with Crippen molar-refractivity contribution in [2.45, 2.75) is 19.4 Å². The van der Waals surface area contributed by atoms with Crippen molar-refractivity contribution in [2.24, 2.45) is 0 Å². The molecule has 0 saturated carbocycles. The van der Waals surface area contributed by atoms with Crippen molar-refractivity contribution in [1.82, 2.24) is 15.5 Å². The maximum atomic E-state index is 4.85. The van der Waals surface area contributed by atoms with Crippen molar-refractivity contribution >= 4 is 0 Å². The number of hydrogen-bond acceptors (Lipinski definition) is 4. The normalized spacial score (nSPS) is 13.4. The summed E-state index contributed by atoms with van der Waals surface area (Å²) < 4.78 is 4.85. The average molecular weight is 141 g/mol. The van der Waals surface area contributed by atoms with Crippen LogP contribution in [0.4, 0.5) is 0 Å². The maximum Gasteiger partial charge on any atom is 0.243 e. The van der Waals surface area contributed by atoms with E-state index < -0.39 is 0 Å². The van der Waals surface area contributed by atoms with Crippen molar-refractivity contribution in [3.63, 3.8) is 0 Å².